The van der Waals surface area contributed by atoms with Gasteiger partial charge in [0.05, 0.1) is 5.56 Å². The quantitative estimate of drug-likeness (QED) is 0.561. The molecule has 0 saturated heterocycles. The average Bonchev–Trinajstić information content (AvgIpc) is 2.89. The Morgan fingerprint density at radius 1 is 1.15 bits per heavy atom. The Morgan fingerprint density at radius 2 is 1.81 bits per heavy atom. The molecule has 1 aromatic carbocycles. The molecule has 1 N–H and O–H groups in total. The molecule has 2 rings (SSSR count). The first-order chi connectivity index (χ1) is 12.6. The number of hydrogen-bond acceptors (Lipinski definition) is 1. The molecule has 0 saturated carbocycles. The number of carboxylic acids is 1. The number of carboxylic acid groups (broad SMARTS) is 1. The first-order valence-electron chi connectivity index (χ1n) is 9.65. The van der Waals surface area contributed by atoms with Gasteiger partial charge in [0.1, 0.15) is 0 Å². The smallest absolute Gasteiger partial charge is 0.335 e. The Morgan fingerprint density at radius 3 is 2.42 bits per heavy atom. The van der Waals surface area contributed by atoms with Crippen molar-refractivity contribution in [3.63, 3.8) is 0 Å². The van der Waals surface area contributed by atoms with Crippen molar-refractivity contribution >= 4 is 17.6 Å². The van der Waals surface area contributed by atoms with Crippen LogP contribution in [0.25, 0.3) is 0 Å². The number of carbonyl (C=O) groups is 1. The van der Waals surface area contributed by atoms with Gasteiger partial charge in [-0.2, -0.15) is 0 Å². The van der Waals surface area contributed by atoms with Crippen molar-refractivity contribution in [3.8, 4) is 0 Å². The summed E-state index contributed by atoms with van der Waals surface area (Å²) >= 11 is 6.08. The Bertz CT molecular complexity index is 627. The van der Waals surface area contributed by atoms with E-state index in [-0.39, 0.29) is 0 Å². The van der Waals surface area contributed by atoms with Crippen molar-refractivity contribution in [3.05, 3.63) is 70.3 Å². The van der Waals surface area contributed by atoms with E-state index in [1.807, 2.05) is 45.9 Å². The van der Waals surface area contributed by atoms with Gasteiger partial charge < -0.3 is 5.11 Å². The number of benzene rings is 1. The summed E-state index contributed by atoms with van der Waals surface area (Å²) in [4.78, 5) is 11.4. The van der Waals surface area contributed by atoms with Crippen LogP contribution in [-0.4, -0.2) is 11.1 Å². The van der Waals surface area contributed by atoms with Crippen LogP contribution in [0, 0.1) is 5.92 Å². The van der Waals surface area contributed by atoms with E-state index >= 15 is 0 Å². The number of hydrogen-bond donors (Lipinski definition) is 1. The zero-order chi connectivity index (χ0) is 19.9. The molecule has 2 nitrogen and oxygen atoms in total. The Kier molecular flexibility index (Phi) is 13.4. The maximum Gasteiger partial charge on any atom is 0.335 e. The van der Waals surface area contributed by atoms with Crippen LogP contribution in [0.2, 0.25) is 0 Å². The van der Waals surface area contributed by atoms with E-state index in [0.29, 0.717) is 11.5 Å². The molecule has 0 amide bonds. The SMILES string of the molecule is CC.CC.CCC[C@H](Cc1ccccc1C(=O)O)C1=CC=C(Cl)CC=C1. The zero-order valence-corrected chi connectivity index (χ0v) is 17.5. The van der Waals surface area contributed by atoms with Gasteiger partial charge in [-0.15, -0.1) is 0 Å². The molecule has 1 aliphatic carbocycles. The van der Waals surface area contributed by atoms with Gasteiger partial charge in [-0.25, -0.2) is 4.79 Å². The lowest BCUT2D eigenvalue weighted by Gasteiger charge is -2.18. The predicted molar refractivity (Wildman–Crippen MR) is 114 cm³/mol. The molecule has 1 aliphatic rings. The van der Waals surface area contributed by atoms with Gasteiger partial charge in [-0.05, 0) is 42.0 Å². The van der Waals surface area contributed by atoms with Crippen molar-refractivity contribution < 1.29 is 9.90 Å². The second-order valence-corrected chi connectivity index (χ2v) is 6.02. The van der Waals surface area contributed by atoms with Crippen LogP contribution in [-0.2, 0) is 6.42 Å². The van der Waals surface area contributed by atoms with E-state index in [1.54, 1.807) is 12.1 Å². The molecule has 0 radical (unpaired) electrons. The van der Waals surface area contributed by atoms with E-state index < -0.39 is 5.97 Å². The summed E-state index contributed by atoms with van der Waals surface area (Å²) in [5.41, 5.74) is 2.51. The molecule has 0 fully saturated rings. The monoisotopic (exact) mass is 376 g/mol. The Labute approximate surface area is 164 Å². The molecule has 0 aliphatic heterocycles. The van der Waals surface area contributed by atoms with E-state index in [1.165, 1.54) is 5.57 Å². The lowest BCUT2D eigenvalue weighted by Crippen LogP contribution is -2.11. The van der Waals surface area contributed by atoms with E-state index in [4.69, 9.17) is 11.6 Å². The zero-order valence-electron chi connectivity index (χ0n) is 16.8. The fraction of sp³-hybridized carbons (Fsp3) is 0.435. The van der Waals surface area contributed by atoms with Crippen molar-refractivity contribution in [1.29, 1.82) is 0 Å². The third-order valence-corrected chi connectivity index (χ3v) is 4.18. The molecule has 3 heteroatoms. The normalized spacial score (nSPS) is 13.8. The van der Waals surface area contributed by atoms with Gasteiger partial charge in [0, 0.05) is 11.5 Å². The minimum atomic E-state index is -0.862. The van der Waals surface area contributed by atoms with E-state index in [2.05, 4.69) is 25.2 Å². The van der Waals surface area contributed by atoms with Crippen molar-refractivity contribution in [2.75, 3.05) is 0 Å². The molecular formula is C23H33ClO2. The second-order valence-electron chi connectivity index (χ2n) is 5.54. The lowest BCUT2D eigenvalue weighted by atomic mass is 9.86. The fourth-order valence-electron chi connectivity index (χ4n) is 2.80. The van der Waals surface area contributed by atoms with Crippen LogP contribution >= 0.6 is 11.6 Å². The largest absolute Gasteiger partial charge is 0.478 e. The van der Waals surface area contributed by atoms with Crippen molar-refractivity contribution in [1.82, 2.24) is 0 Å². The molecule has 0 heterocycles. The number of allylic oxidation sites excluding steroid dienone is 6. The summed E-state index contributed by atoms with van der Waals surface area (Å²) < 4.78 is 0. The Balaban J connectivity index is 0.00000146. The third kappa shape index (κ3) is 8.05. The minimum Gasteiger partial charge on any atom is -0.478 e. The molecule has 1 aromatic rings. The van der Waals surface area contributed by atoms with Gasteiger partial charge >= 0.3 is 5.97 Å². The summed E-state index contributed by atoms with van der Waals surface area (Å²) in [6, 6.07) is 7.26. The van der Waals surface area contributed by atoms with E-state index in [9.17, 15) is 9.90 Å². The van der Waals surface area contributed by atoms with Gasteiger partial charge in [-0.1, -0.05) is 89.1 Å². The van der Waals surface area contributed by atoms with Crippen LogP contribution in [0.4, 0.5) is 0 Å². The van der Waals surface area contributed by atoms with Crippen molar-refractivity contribution in [2.24, 2.45) is 5.92 Å². The van der Waals surface area contributed by atoms with Crippen molar-refractivity contribution in [2.45, 2.75) is 60.3 Å². The molecule has 0 spiro atoms. The summed E-state index contributed by atoms with van der Waals surface area (Å²) in [6.07, 6.45) is 11.8. The number of rotatable bonds is 6. The first-order valence-corrected chi connectivity index (χ1v) is 10.0. The molecule has 0 aromatic heterocycles. The number of halogens is 1. The van der Waals surface area contributed by atoms with Gasteiger partial charge in [0.15, 0.2) is 0 Å². The molecule has 1 atom stereocenters. The maximum atomic E-state index is 11.4. The summed E-state index contributed by atoms with van der Waals surface area (Å²) in [5.74, 6) is -0.556. The molecule has 26 heavy (non-hydrogen) atoms. The molecule has 0 unspecified atom stereocenters. The highest BCUT2D eigenvalue weighted by molar-refractivity contribution is 6.29. The summed E-state index contributed by atoms with van der Waals surface area (Å²) in [6.45, 7) is 10.2. The van der Waals surface area contributed by atoms with Crippen LogP contribution in [0.1, 0.15) is 69.8 Å². The third-order valence-electron chi connectivity index (χ3n) is 3.90. The standard InChI is InChI=1S/C19H21ClO2.2C2H6/c1-2-6-15(14-8-5-9-17(20)12-11-14)13-16-7-3-4-10-18(16)19(21)22;2*1-2/h3-5,7-8,10-12,15H,2,6,9,13H2,1H3,(H,21,22);2*1-2H3/t15-;;/m1../s1. The topological polar surface area (TPSA) is 37.3 Å². The molecule has 0 bridgehead atoms. The summed E-state index contributed by atoms with van der Waals surface area (Å²) in [5, 5.41) is 10.2. The number of aromatic carboxylic acids is 1. The minimum absolute atomic E-state index is 0.306. The highest BCUT2D eigenvalue weighted by atomic mass is 35.5. The van der Waals surface area contributed by atoms with Gasteiger partial charge in [0.25, 0.3) is 0 Å². The van der Waals surface area contributed by atoms with Crippen LogP contribution < -0.4 is 0 Å². The highest BCUT2D eigenvalue weighted by Gasteiger charge is 2.17. The highest BCUT2D eigenvalue weighted by Crippen LogP contribution is 2.27. The summed E-state index contributed by atoms with van der Waals surface area (Å²) in [7, 11) is 0. The van der Waals surface area contributed by atoms with Gasteiger partial charge in [-0.3, -0.25) is 0 Å². The second kappa shape index (κ2) is 14.4. The fourth-order valence-corrected chi connectivity index (χ4v) is 2.95. The lowest BCUT2D eigenvalue weighted by molar-refractivity contribution is 0.0695. The van der Waals surface area contributed by atoms with Crippen LogP contribution in [0.15, 0.2) is 59.2 Å². The molecule has 144 valence electrons. The Hall–Kier alpha value is -1.80. The van der Waals surface area contributed by atoms with E-state index in [0.717, 1.165) is 36.3 Å². The average molecular weight is 377 g/mol. The van der Waals surface area contributed by atoms with Crippen LogP contribution in [0.3, 0.4) is 0 Å². The van der Waals surface area contributed by atoms with Crippen LogP contribution in [0.5, 0.6) is 0 Å². The predicted octanol–water partition coefficient (Wildman–Crippen LogP) is 7.41. The maximum absolute atomic E-state index is 11.4. The first kappa shape index (κ1) is 24.2. The van der Waals surface area contributed by atoms with Gasteiger partial charge in [0.2, 0.25) is 0 Å². The molecular weight excluding hydrogens is 344 g/mol.